The van der Waals surface area contributed by atoms with Crippen molar-refractivity contribution in [3.8, 4) is 11.8 Å². The van der Waals surface area contributed by atoms with Gasteiger partial charge in [-0.1, -0.05) is 11.6 Å². The average Bonchev–Trinajstić information content (AvgIpc) is 2.66. The lowest BCUT2D eigenvalue weighted by Gasteiger charge is -2.27. The molecule has 0 radical (unpaired) electrons. The number of nitrogens with zero attached hydrogens (tertiary/aromatic N) is 2. The van der Waals surface area contributed by atoms with Crippen LogP contribution in [0.25, 0.3) is 10.9 Å². The van der Waals surface area contributed by atoms with Crippen molar-refractivity contribution in [2.24, 2.45) is 5.73 Å². The third-order valence-corrected chi connectivity index (χ3v) is 4.63. The largest absolute Gasteiger partial charge is 0.497 e. The number of methoxy groups -OCH3 is 2. The minimum atomic E-state index is -0.855. The molecule has 2 heterocycles. The van der Waals surface area contributed by atoms with Crippen LogP contribution in [-0.4, -0.2) is 25.2 Å². The molecule has 0 amide bonds. The summed E-state index contributed by atoms with van der Waals surface area (Å²) in [4.78, 5) is 16.8. The van der Waals surface area contributed by atoms with Gasteiger partial charge in [0.1, 0.15) is 28.3 Å². The van der Waals surface area contributed by atoms with Crippen LogP contribution in [-0.2, 0) is 14.3 Å². The van der Waals surface area contributed by atoms with E-state index >= 15 is 0 Å². The lowest BCUT2D eigenvalue weighted by Crippen LogP contribution is -2.25. The number of nitriles is 1. The topological polar surface area (TPSA) is 107 Å². The van der Waals surface area contributed by atoms with Crippen LogP contribution in [0, 0.1) is 11.3 Å². The van der Waals surface area contributed by atoms with Gasteiger partial charge in [0.2, 0.25) is 5.88 Å². The highest BCUT2D eigenvalue weighted by atomic mass is 35.5. The van der Waals surface area contributed by atoms with E-state index in [-0.39, 0.29) is 27.9 Å². The summed E-state index contributed by atoms with van der Waals surface area (Å²) >= 11 is 6.41. The van der Waals surface area contributed by atoms with E-state index in [0.717, 1.165) is 5.39 Å². The molecule has 8 heteroatoms. The SMILES string of the molecule is COC(=O)C1=C(C)OC(N)=C(C#N)[C@H]1c1cc2cc(OC)ccc2nc1Cl. The number of benzene rings is 1. The first-order valence-electron chi connectivity index (χ1n) is 7.92. The number of esters is 1. The molecule has 0 saturated carbocycles. The Hall–Kier alpha value is -3.24. The Bertz CT molecular complexity index is 1050. The first-order chi connectivity index (χ1) is 12.9. The molecular formula is C19H16ClN3O4. The Morgan fingerprint density at radius 1 is 1.37 bits per heavy atom. The van der Waals surface area contributed by atoms with E-state index in [1.807, 2.05) is 6.07 Å². The summed E-state index contributed by atoms with van der Waals surface area (Å²) in [6.07, 6.45) is 0. The van der Waals surface area contributed by atoms with Crippen LogP contribution in [0.3, 0.4) is 0 Å². The van der Waals surface area contributed by atoms with Crippen molar-refractivity contribution in [2.75, 3.05) is 14.2 Å². The number of ether oxygens (including phenoxy) is 3. The molecule has 138 valence electrons. The number of halogens is 1. The van der Waals surface area contributed by atoms with Crippen molar-refractivity contribution in [1.29, 1.82) is 5.26 Å². The normalized spacial score (nSPS) is 16.8. The number of pyridine rings is 1. The highest BCUT2D eigenvalue weighted by Crippen LogP contribution is 2.42. The predicted octanol–water partition coefficient (Wildman–Crippen LogP) is 3.15. The van der Waals surface area contributed by atoms with Crippen molar-refractivity contribution in [3.05, 3.63) is 57.8 Å². The van der Waals surface area contributed by atoms with Gasteiger partial charge in [-0.2, -0.15) is 5.26 Å². The zero-order valence-electron chi connectivity index (χ0n) is 14.9. The van der Waals surface area contributed by atoms with Gasteiger partial charge in [-0.25, -0.2) is 9.78 Å². The second-order valence-corrected chi connectivity index (χ2v) is 6.17. The summed E-state index contributed by atoms with van der Waals surface area (Å²) in [5, 5.41) is 10.5. The number of hydrogen-bond acceptors (Lipinski definition) is 7. The standard InChI is InChI=1S/C19H16ClN3O4/c1-9-15(19(24)26-3)16(13(8-21)18(22)27-9)12-7-10-6-11(25-2)4-5-14(10)23-17(12)20/h4-7,16H,22H2,1-3H3/t16-/m1/s1. The minimum Gasteiger partial charge on any atom is -0.497 e. The van der Waals surface area contributed by atoms with Gasteiger partial charge in [-0.05, 0) is 31.2 Å². The van der Waals surface area contributed by atoms with Crippen LogP contribution >= 0.6 is 11.6 Å². The van der Waals surface area contributed by atoms with Crippen molar-refractivity contribution >= 4 is 28.5 Å². The second kappa shape index (κ2) is 7.17. The monoisotopic (exact) mass is 385 g/mol. The fraction of sp³-hybridized carbons (Fsp3) is 0.211. The first-order valence-corrected chi connectivity index (χ1v) is 8.29. The Morgan fingerprint density at radius 3 is 2.74 bits per heavy atom. The maximum absolute atomic E-state index is 12.4. The molecule has 3 rings (SSSR count). The Morgan fingerprint density at radius 2 is 2.11 bits per heavy atom. The Balaban J connectivity index is 2.29. The van der Waals surface area contributed by atoms with Gasteiger partial charge < -0.3 is 19.9 Å². The van der Waals surface area contributed by atoms with Crippen molar-refractivity contribution < 1.29 is 19.0 Å². The van der Waals surface area contributed by atoms with Gasteiger partial charge in [0.25, 0.3) is 0 Å². The van der Waals surface area contributed by atoms with E-state index in [0.29, 0.717) is 16.8 Å². The van der Waals surface area contributed by atoms with Gasteiger partial charge in [0.15, 0.2) is 0 Å². The summed E-state index contributed by atoms with van der Waals surface area (Å²) in [5.41, 5.74) is 7.18. The predicted molar refractivity (Wildman–Crippen MR) is 98.7 cm³/mol. The maximum atomic E-state index is 12.4. The van der Waals surface area contributed by atoms with Gasteiger partial charge in [-0.15, -0.1) is 0 Å². The molecule has 0 bridgehead atoms. The van der Waals surface area contributed by atoms with Crippen LogP contribution in [0.15, 0.2) is 47.1 Å². The van der Waals surface area contributed by atoms with E-state index in [1.165, 1.54) is 7.11 Å². The number of nitrogens with two attached hydrogens (primary N) is 1. The van der Waals surface area contributed by atoms with Crippen LogP contribution in [0.1, 0.15) is 18.4 Å². The highest BCUT2D eigenvalue weighted by molar-refractivity contribution is 6.30. The molecule has 7 nitrogen and oxygen atoms in total. The molecule has 0 unspecified atom stereocenters. The first kappa shape index (κ1) is 18.5. The lowest BCUT2D eigenvalue weighted by molar-refractivity contribution is -0.136. The minimum absolute atomic E-state index is 0.0620. The van der Waals surface area contributed by atoms with Crippen LogP contribution in [0.2, 0.25) is 5.15 Å². The number of hydrogen-bond donors (Lipinski definition) is 1. The number of fused-ring (bicyclic) bond motifs is 1. The molecule has 1 aromatic carbocycles. The molecule has 1 atom stereocenters. The number of carbonyl (C=O) groups excluding carboxylic acids is 1. The lowest BCUT2D eigenvalue weighted by atomic mass is 9.83. The van der Waals surface area contributed by atoms with E-state index in [9.17, 15) is 10.1 Å². The van der Waals surface area contributed by atoms with Crippen LogP contribution < -0.4 is 10.5 Å². The third kappa shape index (κ3) is 3.15. The molecule has 1 aliphatic heterocycles. The molecular weight excluding hydrogens is 370 g/mol. The second-order valence-electron chi connectivity index (χ2n) is 5.81. The van der Waals surface area contributed by atoms with Gasteiger partial charge >= 0.3 is 5.97 Å². The van der Waals surface area contributed by atoms with E-state index < -0.39 is 11.9 Å². The molecule has 0 saturated heterocycles. The van der Waals surface area contributed by atoms with Gasteiger partial charge in [-0.3, -0.25) is 0 Å². The number of carbonyl (C=O) groups is 1. The number of aromatic nitrogens is 1. The summed E-state index contributed by atoms with van der Waals surface area (Å²) in [5.74, 6) is -0.703. The van der Waals surface area contributed by atoms with Gasteiger partial charge in [0.05, 0.1) is 31.2 Å². The quantitative estimate of drug-likeness (QED) is 0.638. The molecule has 0 aliphatic carbocycles. The van der Waals surface area contributed by atoms with Crippen molar-refractivity contribution in [2.45, 2.75) is 12.8 Å². The Kier molecular flexibility index (Phi) is 4.93. The smallest absolute Gasteiger partial charge is 0.338 e. The maximum Gasteiger partial charge on any atom is 0.338 e. The zero-order valence-corrected chi connectivity index (χ0v) is 15.6. The van der Waals surface area contributed by atoms with E-state index in [1.54, 1.807) is 38.3 Å². The molecule has 27 heavy (non-hydrogen) atoms. The summed E-state index contributed by atoms with van der Waals surface area (Å²) < 4.78 is 15.5. The summed E-state index contributed by atoms with van der Waals surface area (Å²) in [6, 6.07) is 9.08. The van der Waals surface area contributed by atoms with Crippen molar-refractivity contribution in [3.63, 3.8) is 0 Å². The molecule has 1 aliphatic rings. The van der Waals surface area contributed by atoms with Crippen LogP contribution in [0.4, 0.5) is 0 Å². The van der Waals surface area contributed by atoms with Crippen LogP contribution in [0.5, 0.6) is 5.75 Å². The van der Waals surface area contributed by atoms with Gasteiger partial charge in [0, 0.05) is 10.9 Å². The number of allylic oxidation sites excluding steroid dienone is 2. The fourth-order valence-electron chi connectivity index (χ4n) is 3.04. The highest BCUT2D eigenvalue weighted by Gasteiger charge is 2.37. The Labute approximate surface area is 160 Å². The summed E-state index contributed by atoms with van der Waals surface area (Å²) in [6.45, 7) is 1.58. The molecule has 0 fully saturated rings. The molecule has 0 spiro atoms. The van der Waals surface area contributed by atoms with Crippen molar-refractivity contribution in [1.82, 2.24) is 4.98 Å². The molecule has 2 aromatic rings. The fourth-order valence-corrected chi connectivity index (χ4v) is 3.30. The number of rotatable bonds is 3. The third-order valence-electron chi connectivity index (χ3n) is 4.32. The van der Waals surface area contributed by atoms with E-state index in [4.69, 9.17) is 31.5 Å². The average molecular weight is 386 g/mol. The zero-order chi connectivity index (χ0) is 19.7. The van der Waals surface area contributed by atoms with E-state index in [2.05, 4.69) is 4.98 Å². The molecule has 1 aromatic heterocycles. The summed E-state index contributed by atoms with van der Waals surface area (Å²) in [7, 11) is 2.81. The molecule has 2 N–H and O–H groups in total.